The van der Waals surface area contributed by atoms with Gasteiger partial charge in [-0.2, -0.15) is 0 Å². The number of carbonyl (C=O) groups excluding carboxylic acids is 1. The number of thiazole rings is 1. The third kappa shape index (κ3) is 4.09. The molecule has 0 aliphatic heterocycles. The maximum Gasteiger partial charge on any atom is 0.404 e. The van der Waals surface area contributed by atoms with E-state index in [9.17, 15) is 9.59 Å². The van der Waals surface area contributed by atoms with Crippen LogP contribution in [0.3, 0.4) is 0 Å². The molecule has 0 bridgehead atoms. The second kappa shape index (κ2) is 7.44. The van der Waals surface area contributed by atoms with Crippen LogP contribution in [0.5, 0.6) is 0 Å². The predicted molar refractivity (Wildman–Crippen MR) is 85.9 cm³/mol. The first-order chi connectivity index (χ1) is 10.5. The fourth-order valence-electron chi connectivity index (χ4n) is 1.70. The molecule has 116 valence electrons. The van der Waals surface area contributed by atoms with Crippen LogP contribution in [0.15, 0.2) is 23.7 Å². The molecule has 1 aromatic heterocycles. The Morgan fingerprint density at radius 2 is 1.95 bits per heavy atom. The van der Waals surface area contributed by atoms with Crippen LogP contribution in [0, 0.1) is 0 Å². The van der Waals surface area contributed by atoms with Crippen LogP contribution in [0.2, 0.25) is 10.0 Å². The summed E-state index contributed by atoms with van der Waals surface area (Å²) < 4.78 is 0. The molecule has 22 heavy (non-hydrogen) atoms. The van der Waals surface area contributed by atoms with Gasteiger partial charge in [0.05, 0.1) is 10.4 Å². The Kier molecular flexibility index (Phi) is 5.59. The van der Waals surface area contributed by atoms with E-state index in [1.165, 1.54) is 16.8 Å². The zero-order valence-corrected chi connectivity index (χ0v) is 13.4. The van der Waals surface area contributed by atoms with Crippen LogP contribution >= 0.6 is 34.5 Å². The summed E-state index contributed by atoms with van der Waals surface area (Å²) in [7, 11) is 0. The van der Waals surface area contributed by atoms with Gasteiger partial charge in [-0.1, -0.05) is 23.2 Å². The van der Waals surface area contributed by atoms with E-state index in [0.717, 1.165) is 0 Å². The Morgan fingerprint density at radius 3 is 2.68 bits per heavy atom. The lowest BCUT2D eigenvalue weighted by Crippen LogP contribution is -2.34. The summed E-state index contributed by atoms with van der Waals surface area (Å²) in [6.45, 7) is 0.268. The van der Waals surface area contributed by atoms with Crippen LogP contribution < -0.4 is 10.6 Å². The number of hydrogen-bond acceptors (Lipinski definition) is 4. The van der Waals surface area contributed by atoms with Crippen molar-refractivity contribution in [3.63, 3.8) is 0 Å². The van der Waals surface area contributed by atoms with Crippen molar-refractivity contribution in [2.45, 2.75) is 0 Å². The average Bonchev–Trinajstić information content (AvgIpc) is 2.95. The molecule has 0 atom stereocenters. The molecule has 3 N–H and O–H groups in total. The van der Waals surface area contributed by atoms with E-state index in [0.29, 0.717) is 20.5 Å². The van der Waals surface area contributed by atoms with Gasteiger partial charge < -0.3 is 15.7 Å². The van der Waals surface area contributed by atoms with E-state index in [2.05, 4.69) is 15.6 Å². The van der Waals surface area contributed by atoms with Crippen molar-refractivity contribution in [2.75, 3.05) is 13.1 Å². The monoisotopic (exact) mass is 359 g/mol. The van der Waals surface area contributed by atoms with Crippen molar-refractivity contribution in [1.82, 2.24) is 15.6 Å². The van der Waals surface area contributed by atoms with Gasteiger partial charge in [0, 0.05) is 28.7 Å². The van der Waals surface area contributed by atoms with E-state index in [-0.39, 0.29) is 18.8 Å². The number of nitrogens with one attached hydrogen (secondary N) is 2. The molecular formula is C13H11Cl2N3O3S. The highest BCUT2D eigenvalue weighted by Crippen LogP contribution is 2.35. The molecular weight excluding hydrogens is 349 g/mol. The molecule has 0 spiro atoms. The zero-order chi connectivity index (χ0) is 16.1. The highest BCUT2D eigenvalue weighted by Gasteiger charge is 2.18. The summed E-state index contributed by atoms with van der Waals surface area (Å²) in [5.41, 5.74) is 2.40. The van der Waals surface area contributed by atoms with E-state index in [1.54, 1.807) is 18.2 Å². The number of amides is 2. The quantitative estimate of drug-likeness (QED) is 0.715. The third-order valence-electron chi connectivity index (χ3n) is 2.64. The molecule has 2 aromatic rings. The van der Waals surface area contributed by atoms with Gasteiger partial charge in [-0.3, -0.25) is 4.79 Å². The maximum absolute atomic E-state index is 12.1. The van der Waals surface area contributed by atoms with Crippen molar-refractivity contribution in [3.05, 3.63) is 39.4 Å². The Morgan fingerprint density at radius 1 is 1.23 bits per heavy atom. The average molecular weight is 360 g/mol. The van der Waals surface area contributed by atoms with Crippen LogP contribution in [0.4, 0.5) is 4.79 Å². The number of carbonyl (C=O) groups is 2. The van der Waals surface area contributed by atoms with Crippen LogP contribution in [0.1, 0.15) is 10.5 Å². The van der Waals surface area contributed by atoms with Crippen LogP contribution in [-0.2, 0) is 0 Å². The lowest BCUT2D eigenvalue weighted by molar-refractivity contribution is 0.0949. The summed E-state index contributed by atoms with van der Waals surface area (Å²) in [4.78, 5) is 27.1. The maximum atomic E-state index is 12.1. The number of halogens is 2. The second-order valence-electron chi connectivity index (χ2n) is 4.14. The highest BCUT2D eigenvalue weighted by atomic mass is 35.5. The minimum atomic E-state index is -1.14. The first kappa shape index (κ1) is 16.5. The molecule has 9 heteroatoms. The fraction of sp³-hybridized carbons (Fsp3) is 0.154. The Bertz CT molecular complexity index is 706. The molecule has 0 saturated heterocycles. The molecule has 0 aliphatic carbocycles. The number of benzene rings is 1. The summed E-state index contributed by atoms with van der Waals surface area (Å²) in [6, 6.07) is 4.98. The van der Waals surface area contributed by atoms with Crippen molar-refractivity contribution >= 4 is 46.5 Å². The molecule has 6 nitrogen and oxygen atoms in total. The largest absolute Gasteiger partial charge is 0.465 e. The molecule has 0 saturated carbocycles. The van der Waals surface area contributed by atoms with E-state index >= 15 is 0 Å². The Labute approximate surface area is 140 Å². The minimum absolute atomic E-state index is 0.110. The number of carboxylic acid groups (broad SMARTS) is 1. The van der Waals surface area contributed by atoms with Gasteiger partial charge in [0.25, 0.3) is 5.91 Å². The second-order valence-corrected chi connectivity index (χ2v) is 5.84. The summed E-state index contributed by atoms with van der Waals surface area (Å²) in [5, 5.41) is 14.2. The predicted octanol–water partition coefficient (Wildman–Crippen LogP) is 3.11. The van der Waals surface area contributed by atoms with Crippen molar-refractivity contribution in [3.8, 4) is 10.4 Å². The van der Waals surface area contributed by atoms with E-state index < -0.39 is 12.0 Å². The van der Waals surface area contributed by atoms with Crippen molar-refractivity contribution < 1.29 is 14.7 Å². The van der Waals surface area contributed by atoms with Crippen LogP contribution in [-0.4, -0.2) is 35.2 Å². The third-order valence-corrected chi connectivity index (χ3v) is 4.07. The lowest BCUT2D eigenvalue weighted by atomic mass is 10.1. The molecule has 2 amide bonds. The molecule has 2 rings (SSSR count). The lowest BCUT2D eigenvalue weighted by Gasteiger charge is -2.07. The van der Waals surface area contributed by atoms with Gasteiger partial charge in [-0.15, -0.1) is 11.3 Å². The smallest absolute Gasteiger partial charge is 0.404 e. The Balaban J connectivity index is 2.13. The van der Waals surface area contributed by atoms with Gasteiger partial charge in [0.1, 0.15) is 5.69 Å². The minimum Gasteiger partial charge on any atom is -0.465 e. The molecule has 1 aromatic carbocycles. The van der Waals surface area contributed by atoms with Gasteiger partial charge in [-0.25, -0.2) is 9.78 Å². The summed E-state index contributed by atoms with van der Waals surface area (Å²) in [5.74, 6) is -0.403. The van der Waals surface area contributed by atoms with Gasteiger partial charge >= 0.3 is 6.09 Å². The SMILES string of the molecule is O=C(O)NCCNC(=O)c1ncsc1-c1cc(Cl)ccc1Cl. The van der Waals surface area contributed by atoms with E-state index in [4.69, 9.17) is 28.3 Å². The first-order valence-electron chi connectivity index (χ1n) is 6.13. The van der Waals surface area contributed by atoms with Crippen molar-refractivity contribution in [1.29, 1.82) is 0 Å². The summed E-state index contributed by atoms with van der Waals surface area (Å²) in [6.07, 6.45) is -1.14. The molecule has 0 fully saturated rings. The van der Waals surface area contributed by atoms with Gasteiger partial charge in [0.15, 0.2) is 0 Å². The summed E-state index contributed by atoms with van der Waals surface area (Å²) >= 11 is 13.4. The normalized spacial score (nSPS) is 10.3. The van der Waals surface area contributed by atoms with Crippen LogP contribution in [0.25, 0.3) is 10.4 Å². The van der Waals surface area contributed by atoms with E-state index in [1.807, 2.05) is 0 Å². The number of nitrogens with zero attached hydrogens (tertiary/aromatic N) is 1. The number of aromatic nitrogens is 1. The number of rotatable bonds is 5. The Hall–Kier alpha value is -1.83. The standard InChI is InChI=1S/C13H11Cl2N3O3S/c14-7-1-2-9(15)8(5-7)11-10(18-6-22-11)12(19)16-3-4-17-13(20)21/h1-2,5-6,17H,3-4H2,(H,16,19)(H,20,21). The highest BCUT2D eigenvalue weighted by molar-refractivity contribution is 7.13. The zero-order valence-electron chi connectivity index (χ0n) is 11.1. The molecule has 1 heterocycles. The van der Waals surface area contributed by atoms with Gasteiger partial charge in [0.2, 0.25) is 0 Å². The number of hydrogen-bond donors (Lipinski definition) is 3. The first-order valence-corrected chi connectivity index (χ1v) is 7.76. The molecule has 0 aliphatic rings. The fourth-order valence-corrected chi connectivity index (χ4v) is 2.96. The van der Waals surface area contributed by atoms with Crippen molar-refractivity contribution in [2.24, 2.45) is 0 Å². The van der Waals surface area contributed by atoms with Gasteiger partial charge in [-0.05, 0) is 18.2 Å². The molecule has 0 radical (unpaired) electrons. The topological polar surface area (TPSA) is 91.3 Å². The molecule has 0 unspecified atom stereocenters.